The minimum atomic E-state index is 0.722. The summed E-state index contributed by atoms with van der Waals surface area (Å²) in [6.45, 7) is 16.8. The number of nitrogens with zero attached hydrogens (tertiary/aromatic N) is 1. The van der Waals surface area contributed by atoms with Crippen LogP contribution < -0.4 is 0 Å². The first-order valence-corrected chi connectivity index (χ1v) is 6.17. The van der Waals surface area contributed by atoms with Crippen molar-refractivity contribution in [1.82, 2.24) is 4.90 Å². The van der Waals surface area contributed by atoms with Crippen molar-refractivity contribution >= 4 is 0 Å². The third-order valence-corrected chi connectivity index (χ3v) is 3.88. The van der Waals surface area contributed by atoms with E-state index < -0.39 is 0 Å². The fraction of sp³-hybridized carbons (Fsp3) is 1.00. The first-order chi connectivity index (χ1) is 6.43. The van der Waals surface area contributed by atoms with Crippen LogP contribution in [0.4, 0.5) is 0 Å². The minimum absolute atomic E-state index is 0.722. The Kier molecular flexibility index (Phi) is 4.00. The van der Waals surface area contributed by atoms with E-state index in [2.05, 4.69) is 46.4 Å². The van der Waals surface area contributed by atoms with E-state index >= 15 is 0 Å². The minimum Gasteiger partial charge on any atom is -0.300 e. The highest BCUT2D eigenvalue weighted by Crippen LogP contribution is 2.35. The molecule has 0 aliphatic carbocycles. The van der Waals surface area contributed by atoms with Crippen molar-refractivity contribution in [3.63, 3.8) is 0 Å². The highest BCUT2D eigenvalue weighted by Gasteiger charge is 2.36. The van der Waals surface area contributed by atoms with E-state index in [0.29, 0.717) is 0 Å². The van der Waals surface area contributed by atoms with Crippen LogP contribution in [-0.4, -0.2) is 24.0 Å². The van der Waals surface area contributed by atoms with Gasteiger partial charge >= 0.3 is 0 Å². The second-order valence-corrected chi connectivity index (χ2v) is 5.86. The molecule has 1 fully saturated rings. The van der Waals surface area contributed by atoms with Crippen LogP contribution in [0.5, 0.6) is 0 Å². The lowest BCUT2D eigenvalue weighted by Crippen LogP contribution is -2.29. The lowest BCUT2D eigenvalue weighted by molar-refractivity contribution is 0.253. The van der Waals surface area contributed by atoms with Gasteiger partial charge in [-0.15, -0.1) is 0 Å². The second kappa shape index (κ2) is 4.65. The molecular formula is C13H27N. The lowest BCUT2D eigenvalue weighted by atomic mass is 9.80. The zero-order chi connectivity index (χ0) is 10.9. The van der Waals surface area contributed by atoms with Gasteiger partial charge in [0.2, 0.25) is 0 Å². The Bertz CT molecular complexity index is 156. The molecule has 0 aromatic rings. The Hall–Kier alpha value is -0.0400. The maximum Gasteiger partial charge on any atom is 0.00388 e. The van der Waals surface area contributed by atoms with Crippen molar-refractivity contribution < 1.29 is 0 Å². The molecule has 1 nitrogen and oxygen atoms in total. The molecule has 0 aromatic heterocycles. The van der Waals surface area contributed by atoms with Gasteiger partial charge in [-0.3, -0.25) is 0 Å². The molecule has 1 saturated heterocycles. The van der Waals surface area contributed by atoms with Crippen molar-refractivity contribution in [2.45, 2.75) is 47.6 Å². The van der Waals surface area contributed by atoms with Crippen LogP contribution in [0.1, 0.15) is 41.5 Å². The average molecular weight is 197 g/mol. The Labute approximate surface area is 89.9 Å². The van der Waals surface area contributed by atoms with Crippen LogP contribution in [0.2, 0.25) is 0 Å². The molecule has 0 bridgehead atoms. The van der Waals surface area contributed by atoms with E-state index in [-0.39, 0.29) is 0 Å². The smallest absolute Gasteiger partial charge is 0.00388 e. The van der Waals surface area contributed by atoms with Gasteiger partial charge in [0.05, 0.1) is 0 Å². The molecule has 1 heteroatoms. The van der Waals surface area contributed by atoms with Gasteiger partial charge in [-0.1, -0.05) is 27.7 Å². The first-order valence-electron chi connectivity index (χ1n) is 6.17. The largest absolute Gasteiger partial charge is 0.300 e. The number of rotatable bonds is 3. The van der Waals surface area contributed by atoms with Crippen molar-refractivity contribution in [2.24, 2.45) is 23.7 Å². The van der Waals surface area contributed by atoms with Crippen LogP contribution in [-0.2, 0) is 0 Å². The summed E-state index contributed by atoms with van der Waals surface area (Å²) in [6.07, 6.45) is 0. The molecule has 0 spiro atoms. The van der Waals surface area contributed by atoms with E-state index in [1.807, 2.05) is 0 Å². The zero-order valence-corrected chi connectivity index (χ0v) is 10.7. The number of hydrogen-bond donors (Lipinski definition) is 0. The van der Waals surface area contributed by atoms with Gasteiger partial charge in [-0.25, -0.2) is 0 Å². The zero-order valence-electron chi connectivity index (χ0n) is 10.7. The van der Waals surface area contributed by atoms with Gasteiger partial charge in [0.1, 0.15) is 0 Å². The van der Waals surface area contributed by atoms with E-state index in [1.165, 1.54) is 13.1 Å². The van der Waals surface area contributed by atoms with Crippen molar-refractivity contribution in [2.75, 3.05) is 13.1 Å². The monoisotopic (exact) mass is 197 g/mol. The summed E-state index contributed by atoms with van der Waals surface area (Å²) in [4.78, 5) is 2.65. The fourth-order valence-corrected chi connectivity index (χ4v) is 2.72. The number of likely N-dealkylation sites (tertiary alicyclic amines) is 1. The van der Waals surface area contributed by atoms with Gasteiger partial charge < -0.3 is 4.90 Å². The average Bonchev–Trinajstić information content (AvgIpc) is 2.47. The summed E-state index contributed by atoms with van der Waals surface area (Å²) >= 11 is 0. The maximum absolute atomic E-state index is 2.65. The molecule has 0 saturated carbocycles. The van der Waals surface area contributed by atoms with Crippen LogP contribution in [0.3, 0.4) is 0 Å². The SMILES string of the molecule is CC(C)C1CN(C(C)C)CC1C(C)C. The molecule has 0 amide bonds. The number of hydrogen-bond acceptors (Lipinski definition) is 1. The van der Waals surface area contributed by atoms with Crippen LogP contribution in [0.25, 0.3) is 0 Å². The first kappa shape index (κ1) is 12.0. The van der Waals surface area contributed by atoms with E-state index in [4.69, 9.17) is 0 Å². The van der Waals surface area contributed by atoms with E-state index in [1.54, 1.807) is 0 Å². The lowest BCUT2D eigenvalue weighted by Gasteiger charge is -2.24. The molecule has 2 unspecified atom stereocenters. The molecule has 1 heterocycles. The Balaban J connectivity index is 2.65. The summed E-state index contributed by atoms with van der Waals surface area (Å²) in [5.41, 5.74) is 0. The summed E-state index contributed by atoms with van der Waals surface area (Å²) in [7, 11) is 0. The van der Waals surface area contributed by atoms with Gasteiger partial charge in [0.15, 0.2) is 0 Å². The van der Waals surface area contributed by atoms with Crippen molar-refractivity contribution in [3.05, 3.63) is 0 Å². The molecule has 0 N–H and O–H groups in total. The summed E-state index contributed by atoms with van der Waals surface area (Å²) in [5.74, 6) is 3.51. The van der Waals surface area contributed by atoms with Gasteiger partial charge in [0, 0.05) is 19.1 Å². The highest BCUT2D eigenvalue weighted by atomic mass is 15.2. The normalized spacial score (nSPS) is 29.8. The third-order valence-electron chi connectivity index (χ3n) is 3.88. The highest BCUT2D eigenvalue weighted by molar-refractivity contribution is 4.88. The second-order valence-electron chi connectivity index (χ2n) is 5.86. The van der Waals surface area contributed by atoms with E-state index in [0.717, 1.165) is 29.7 Å². The van der Waals surface area contributed by atoms with E-state index in [9.17, 15) is 0 Å². The fourth-order valence-electron chi connectivity index (χ4n) is 2.72. The van der Waals surface area contributed by atoms with Gasteiger partial charge in [-0.05, 0) is 37.5 Å². The molecule has 14 heavy (non-hydrogen) atoms. The molecule has 84 valence electrons. The summed E-state index contributed by atoms with van der Waals surface area (Å²) < 4.78 is 0. The predicted molar refractivity (Wildman–Crippen MR) is 63.4 cm³/mol. The molecule has 2 atom stereocenters. The molecule has 0 aromatic carbocycles. The summed E-state index contributed by atoms with van der Waals surface area (Å²) in [6, 6.07) is 0.722. The van der Waals surface area contributed by atoms with Crippen LogP contribution in [0.15, 0.2) is 0 Å². The van der Waals surface area contributed by atoms with Gasteiger partial charge in [0.25, 0.3) is 0 Å². The predicted octanol–water partition coefficient (Wildman–Crippen LogP) is 3.25. The molecular weight excluding hydrogens is 170 g/mol. The quantitative estimate of drug-likeness (QED) is 0.671. The Morgan fingerprint density at radius 2 is 1.14 bits per heavy atom. The molecule has 1 aliphatic rings. The van der Waals surface area contributed by atoms with Crippen molar-refractivity contribution in [1.29, 1.82) is 0 Å². The summed E-state index contributed by atoms with van der Waals surface area (Å²) in [5, 5.41) is 0. The van der Waals surface area contributed by atoms with Crippen LogP contribution >= 0.6 is 0 Å². The molecule has 1 rings (SSSR count). The Morgan fingerprint density at radius 1 is 0.786 bits per heavy atom. The standard InChI is InChI=1S/C13H27N/c1-9(2)12-7-14(11(5)6)8-13(12)10(3)4/h9-13H,7-8H2,1-6H3. The van der Waals surface area contributed by atoms with Gasteiger partial charge in [-0.2, -0.15) is 0 Å². The molecule has 0 radical (unpaired) electrons. The maximum atomic E-state index is 2.65. The Morgan fingerprint density at radius 3 is 1.36 bits per heavy atom. The molecule has 1 aliphatic heterocycles. The third kappa shape index (κ3) is 2.50. The topological polar surface area (TPSA) is 3.24 Å². The van der Waals surface area contributed by atoms with Crippen molar-refractivity contribution in [3.8, 4) is 0 Å². The van der Waals surface area contributed by atoms with Crippen LogP contribution in [0, 0.1) is 23.7 Å².